The lowest BCUT2D eigenvalue weighted by Crippen LogP contribution is -1.88. The van der Waals surface area contributed by atoms with E-state index in [9.17, 15) is 5.11 Å². The second kappa shape index (κ2) is 5.45. The SMILES string of the molecule is CC(C)c1ccc(/C=C/c2cncnc2)cc1O. The minimum atomic E-state index is 0.325. The van der Waals surface area contributed by atoms with Crippen LogP contribution in [0.1, 0.15) is 36.5 Å². The smallest absolute Gasteiger partial charge is 0.119 e. The van der Waals surface area contributed by atoms with Gasteiger partial charge in [0.25, 0.3) is 0 Å². The minimum absolute atomic E-state index is 0.325. The summed E-state index contributed by atoms with van der Waals surface area (Å²) in [6.45, 7) is 4.12. The lowest BCUT2D eigenvalue weighted by atomic mass is 10.00. The standard InChI is InChI=1S/C15H16N2O/c1-11(2)14-6-5-12(7-15(14)18)3-4-13-8-16-10-17-9-13/h3-11,18H,1-2H3/b4-3+. The maximum absolute atomic E-state index is 9.90. The van der Waals surface area contributed by atoms with E-state index in [-0.39, 0.29) is 0 Å². The van der Waals surface area contributed by atoms with Crippen molar-refractivity contribution in [1.29, 1.82) is 0 Å². The van der Waals surface area contributed by atoms with E-state index >= 15 is 0 Å². The summed E-state index contributed by atoms with van der Waals surface area (Å²) in [4.78, 5) is 7.88. The van der Waals surface area contributed by atoms with E-state index in [1.54, 1.807) is 18.5 Å². The Morgan fingerprint density at radius 3 is 2.33 bits per heavy atom. The molecule has 18 heavy (non-hydrogen) atoms. The Morgan fingerprint density at radius 1 is 1.06 bits per heavy atom. The zero-order chi connectivity index (χ0) is 13.0. The monoisotopic (exact) mass is 240 g/mol. The molecule has 1 N–H and O–H groups in total. The van der Waals surface area contributed by atoms with Crippen LogP contribution >= 0.6 is 0 Å². The van der Waals surface area contributed by atoms with E-state index in [0.717, 1.165) is 16.7 Å². The summed E-state index contributed by atoms with van der Waals surface area (Å²) in [5.74, 6) is 0.669. The number of aromatic nitrogens is 2. The molecule has 1 aromatic heterocycles. The molecule has 0 amide bonds. The topological polar surface area (TPSA) is 46.0 Å². The summed E-state index contributed by atoms with van der Waals surface area (Å²) in [6, 6.07) is 5.73. The van der Waals surface area contributed by atoms with Crippen LogP contribution in [0.5, 0.6) is 5.75 Å². The quantitative estimate of drug-likeness (QED) is 0.893. The Labute approximate surface area is 107 Å². The number of hydrogen-bond donors (Lipinski definition) is 1. The van der Waals surface area contributed by atoms with E-state index in [1.165, 1.54) is 6.33 Å². The fourth-order valence-electron chi connectivity index (χ4n) is 1.74. The molecule has 3 nitrogen and oxygen atoms in total. The third-order valence-electron chi connectivity index (χ3n) is 2.73. The van der Waals surface area contributed by atoms with Crippen molar-refractivity contribution < 1.29 is 5.11 Å². The van der Waals surface area contributed by atoms with Gasteiger partial charge in [-0.2, -0.15) is 0 Å². The molecule has 1 aromatic carbocycles. The van der Waals surface area contributed by atoms with Crippen LogP contribution in [0.4, 0.5) is 0 Å². The van der Waals surface area contributed by atoms with Crippen molar-refractivity contribution in [2.24, 2.45) is 0 Å². The highest BCUT2D eigenvalue weighted by Crippen LogP contribution is 2.26. The molecule has 0 atom stereocenters. The Bertz CT molecular complexity index is 548. The fraction of sp³-hybridized carbons (Fsp3) is 0.200. The molecule has 0 saturated carbocycles. The second-order valence-electron chi connectivity index (χ2n) is 4.48. The molecule has 0 radical (unpaired) electrons. The van der Waals surface area contributed by atoms with Gasteiger partial charge in [0.2, 0.25) is 0 Å². The van der Waals surface area contributed by atoms with Crippen LogP contribution in [0.2, 0.25) is 0 Å². The van der Waals surface area contributed by atoms with Gasteiger partial charge < -0.3 is 5.11 Å². The lowest BCUT2D eigenvalue weighted by Gasteiger charge is -2.08. The van der Waals surface area contributed by atoms with Gasteiger partial charge in [0.1, 0.15) is 12.1 Å². The van der Waals surface area contributed by atoms with Gasteiger partial charge in [-0.1, -0.05) is 38.1 Å². The normalized spacial score (nSPS) is 11.3. The first-order chi connectivity index (χ1) is 8.66. The van der Waals surface area contributed by atoms with Crippen molar-refractivity contribution in [2.75, 3.05) is 0 Å². The van der Waals surface area contributed by atoms with E-state index in [0.29, 0.717) is 11.7 Å². The van der Waals surface area contributed by atoms with Crippen molar-refractivity contribution in [3.8, 4) is 5.75 Å². The van der Waals surface area contributed by atoms with Crippen LogP contribution in [-0.2, 0) is 0 Å². The first-order valence-electron chi connectivity index (χ1n) is 5.93. The van der Waals surface area contributed by atoms with Gasteiger partial charge in [0.05, 0.1) is 0 Å². The van der Waals surface area contributed by atoms with E-state index < -0.39 is 0 Å². The molecular formula is C15H16N2O. The van der Waals surface area contributed by atoms with E-state index in [2.05, 4.69) is 23.8 Å². The molecule has 2 rings (SSSR count). The first kappa shape index (κ1) is 12.3. The number of aromatic hydroxyl groups is 1. The molecule has 3 heteroatoms. The molecule has 0 bridgehead atoms. The Balaban J connectivity index is 2.21. The van der Waals surface area contributed by atoms with Crippen LogP contribution in [0.15, 0.2) is 36.9 Å². The van der Waals surface area contributed by atoms with Crippen LogP contribution in [0, 0.1) is 0 Å². The molecule has 1 heterocycles. The maximum Gasteiger partial charge on any atom is 0.119 e. The highest BCUT2D eigenvalue weighted by atomic mass is 16.3. The molecule has 0 aliphatic heterocycles. The highest BCUT2D eigenvalue weighted by molar-refractivity contribution is 5.69. The third-order valence-corrected chi connectivity index (χ3v) is 2.73. The highest BCUT2D eigenvalue weighted by Gasteiger charge is 2.05. The van der Waals surface area contributed by atoms with E-state index in [4.69, 9.17) is 0 Å². The summed E-state index contributed by atoms with van der Waals surface area (Å²) in [5, 5.41) is 9.90. The predicted octanol–water partition coefficient (Wildman–Crippen LogP) is 3.48. The molecule has 0 unspecified atom stereocenters. The van der Waals surface area contributed by atoms with Crippen molar-refractivity contribution in [3.63, 3.8) is 0 Å². The predicted molar refractivity (Wildman–Crippen MR) is 73.2 cm³/mol. The van der Waals surface area contributed by atoms with Gasteiger partial charge in [-0.05, 0) is 23.1 Å². The average molecular weight is 240 g/mol. The molecule has 0 fully saturated rings. The summed E-state index contributed by atoms with van der Waals surface area (Å²) in [7, 11) is 0. The van der Waals surface area contributed by atoms with Crippen LogP contribution in [-0.4, -0.2) is 15.1 Å². The largest absolute Gasteiger partial charge is 0.508 e. The lowest BCUT2D eigenvalue weighted by molar-refractivity contribution is 0.465. The van der Waals surface area contributed by atoms with Gasteiger partial charge in [-0.3, -0.25) is 0 Å². The van der Waals surface area contributed by atoms with E-state index in [1.807, 2.05) is 24.3 Å². The molecule has 0 spiro atoms. The van der Waals surface area contributed by atoms with Gasteiger partial charge >= 0.3 is 0 Å². The third kappa shape index (κ3) is 2.94. The molecular weight excluding hydrogens is 224 g/mol. The summed E-state index contributed by atoms with van der Waals surface area (Å²) >= 11 is 0. The number of rotatable bonds is 3. The Kier molecular flexibility index (Phi) is 3.72. The second-order valence-corrected chi connectivity index (χ2v) is 4.48. The van der Waals surface area contributed by atoms with Crippen LogP contribution in [0.25, 0.3) is 12.2 Å². The molecule has 0 aliphatic rings. The fourth-order valence-corrected chi connectivity index (χ4v) is 1.74. The van der Waals surface area contributed by atoms with Gasteiger partial charge in [-0.15, -0.1) is 0 Å². The summed E-state index contributed by atoms with van der Waals surface area (Å²) in [5.41, 5.74) is 2.86. The van der Waals surface area contributed by atoms with Gasteiger partial charge in [-0.25, -0.2) is 9.97 Å². The molecule has 0 aliphatic carbocycles. The number of benzene rings is 1. The summed E-state index contributed by atoms with van der Waals surface area (Å²) < 4.78 is 0. The van der Waals surface area contributed by atoms with Crippen molar-refractivity contribution in [3.05, 3.63) is 53.6 Å². The zero-order valence-corrected chi connectivity index (χ0v) is 10.5. The molecule has 92 valence electrons. The first-order valence-corrected chi connectivity index (χ1v) is 5.93. The van der Waals surface area contributed by atoms with Gasteiger partial charge in [0.15, 0.2) is 0 Å². The van der Waals surface area contributed by atoms with Crippen molar-refractivity contribution in [2.45, 2.75) is 19.8 Å². The average Bonchev–Trinajstić information content (AvgIpc) is 2.37. The number of phenols is 1. The van der Waals surface area contributed by atoms with Crippen LogP contribution < -0.4 is 0 Å². The minimum Gasteiger partial charge on any atom is -0.508 e. The number of phenolic OH excluding ortho intramolecular Hbond substituents is 1. The van der Waals surface area contributed by atoms with Crippen LogP contribution in [0.3, 0.4) is 0 Å². The summed E-state index contributed by atoms with van der Waals surface area (Å²) in [6.07, 6.45) is 8.84. The number of hydrogen-bond acceptors (Lipinski definition) is 3. The Hall–Kier alpha value is -2.16. The number of nitrogens with zero attached hydrogens (tertiary/aromatic N) is 2. The molecule has 0 saturated heterocycles. The van der Waals surface area contributed by atoms with Crippen molar-refractivity contribution in [1.82, 2.24) is 9.97 Å². The maximum atomic E-state index is 9.90. The van der Waals surface area contributed by atoms with Gasteiger partial charge in [0, 0.05) is 18.0 Å². The van der Waals surface area contributed by atoms with Crippen molar-refractivity contribution >= 4 is 12.2 Å². The molecule has 2 aromatic rings. The zero-order valence-electron chi connectivity index (χ0n) is 10.5. The Morgan fingerprint density at radius 2 is 1.72 bits per heavy atom.